The van der Waals surface area contributed by atoms with E-state index in [-0.39, 0.29) is 12.1 Å². The number of nitrogens with one attached hydrogen (secondary N) is 1. The Morgan fingerprint density at radius 1 is 1.35 bits per heavy atom. The Labute approximate surface area is 126 Å². The van der Waals surface area contributed by atoms with Crippen molar-refractivity contribution in [3.63, 3.8) is 0 Å². The van der Waals surface area contributed by atoms with Gasteiger partial charge in [0.2, 0.25) is 0 Å². The van der Waals surface area contributed by atoms with E-state index in [0.717, 1.165) is 24.8 Å². The van der Waals surface area contributed by atoms with Crippen LogP contribution >= 0.6 is 0 Å². The van der Waals surface area contributed by atoms with Gasteiger partial charge in [-0.05, 0) is 58.0 Å². The number of hydrogen-bond donors (Lipinski definition) is 2. The number of likely N-dealkylation sites (tertiary alicyclic amines) is 1. The van der Waals surface area contributed by atoms with Crippen molar-refractivity contribution in [3.05, 3.63) is 0 Å². The van der Waals surface area contributed by atoms with Crippen LogP contribution < -0.4 is 5.32 Å². The van der Waals surface area contributed by atoms with E-state index in [1.165, 1.54) is 32.4 Å². The molecule has 0 aromatic rings. The standard InChI is InChI=1S/C17H36N2O/c1-6-17(13-20,18-14(2)3)9-7-10-19-11-8-15(4)12-16(19)5/h14-16,18,20H,6-13H2,1-5H3. The lowest BCUT2D eigenvalue weighted by molar-refractivity contribution is 0.105. The lowest BCUT2D eigenvalue weighted by atomic mass is 9.89. The van der Waals surface area contributed by atoms with Crippen molar-refractivity contribution >= 4 is 0 Å². The quantitative estimate of drug-likeness (QED) is 0.719. The molecule has 1 saturated heterocycles. The first-order chi connectivity index (χ1) is 9.42. The first kappa shape index (κ1) is 17.9. The Bertz CT molecular complexity index is 264. The van der Waals surface area contributed by atoms with Gasteiger partial charge in [0.1, 0.15) is 0 Å². The second-order valence-corrected chi connectivity index (χ2v) is 7.21. The van der Waals surface area contributed by atoms with E-state index < -0.39 is 0 Å². The van der Waals surface area contributed by atoms with E-state index in [1.54, 1.807) is 0 Å². The summed E-state index contributed by atoms with van der Waals surface area (Å²) in [6.07, 6.45) is 5.91. The lowest BCUT2D eigenvalue weighted by Gasteiger charge is -2.38. The third-order valence-corrected chi connectivity index (χ3v) is 4.95. The topological polar surface area (TPSA) is 35.5 Å². The van der Waals surface area contributed by atoms with Gasteiger partial charge < -0.3 is 15.3 Å². The Morgan fingerprint density at radius 3 is 2.55 bits per heavy atom. The summed E-state index contributed by atoms with van der Waals surface area (Å²) in [6, 6.07) is 1.15. The number of aliphatic hydroxyl groups excluding tert-OH is 1. The number of rotatable bonds is 8. The predicted molar refractivity (Wildman–Crippen MR) is 87.0 cm³/mol. The molecule has 1 heterocycles. The van der Waals surface area contributed by atoms with Gasteiger partial charge >= 0.3 is 0 Å². The predicted octanol–water partition coefficient (Wildman–Crippen LogP) is 3.03. The van der Waals surface area contributed by atoms with Crippen LogP contribution in [0.4, 0.5) is 0 Å². The van der Waals surface area contributed by atoms with Crippen molar-refractivity contribution in [3.8, 4) is 0 Å². The fourth-order valence-electron chi connectivity index (χ4n) is 3.61. The van der Waals surface area contributed by atoms with Crippen molar-refractivity contribution in [2.24, 2.45) is 5.92 Å². The van der Waals surface area contributed by atoms with E-state index in [4.69, 9.17) is 0 Å². The van der Waals surface area contributed by atoms with Crippen LogP contribution in [0.25, 0.3) is 0 Å². The van der Waals surface area contributed by atoms with Gasteiger partial charge in [-0.2, -0.15) is 0 Å². The monoisotopic (exact) mass is 284 g/mol. The van der Waals surface area contributed by atoms with Crippen molar-refractivity contribution in [2.75, 3.05) is 19.7 Å². The molecule has 0 radical (unpaired) electrons. The largest absolute Gasteiger partial charge is 0.394 e. The highest BCUT2D eigenvalue weighted by Gasteiger charge is 2.28. The van der Waals surface area contributed by atoms with Gasteiger partial charge in [-0.25, -0.2) is 0 Å². The normalized spacial score (nSPS) is 27.8. The molecule has 120 valence electrons. The lowest BCUT2D eigenvalue weighted by Crippen LogP contribution is -2.51. The Balaban J connectivity index is 2.40. The average Bonchev–Trinajstić information content (AvgIpc) is 2.39. The van der Waals surface area contributed by atoms with Crippen LogP contribution in [0.5, 0.6) is 0 Å². The number of hydrogen-bond acceptors (Lipinski definition) is 3. The van der Waals surface area contributed by atoms with Gasteiger partial charge in [0, 0.05) is 17.6 Å². The van der Waals surface area contributed by atoms with Crippen LogP contribution in [0.1, 0.15) is 66.7 Å². The molecule has 1 aliphatic rings. The zero-order valence-corrected chi connectivity index (χ0v) is 14.3. The third kappa shape index (κ3) is 5.34. The zero-order valence-electron chi connectivity index (χ0n) is 14.3. The minimum Gasteiger partial charge on any atom is -0.394 e. The Morgan fingerprint density at radius 2 is 2.05 bits per heavy atom. The average molecular weight is 284 g/mol. The molecule has 3 unspecified atom stereocenters. The number of piperidine rings is 1. The number of nitrogens with zero attached hydrogens (tertiary/aromatic N) is 1. The molecule has 3 nitrogen and oxygen atoms in total. The molecule has 0 aliphatic carbocycles. The van der Waals surface area contributed by atoms with Crippen molar-refractivity contribution in [1.29, 1.82) is 0 Å². The molecule has 3 heteroatoms. The summed E-state index contributed by atoms with van der Waals surface area (Å²) in [6.45, 7) is 13.9. The van der Waals surface area contributed by atoms with E-state index >= 15 is 0 Å². The van der Waals surface area contributed by atoms with E-state index in [9.17, 15) is 5.11 Å². The fraction of sp³-hybridized carbons (Fsp3) is 1.00. The first-order valence-electron chi connectivity index (χ1n) is 8.55. The van der Waals surface area contributed by atoms with Crippen LogP contribution in [0.2, 0.25) is 0 Å². The third-order valence-electron chi connectivity index (χ3n) is 4.95. The minimum absolute atomic E-state index is 0.0829. The summed E-state index contributed by atoms with van der Waals surface area (Å²) in [7, 11) is 0. The summed E-state index contributed by atoms with van der Waals surface area (Å²) in [4.78, 5) is 2.63. The maximum absolute atomic E-state index is 9.77. The molecule has 1 aliphatic heterocycles. The second-order valence-electron chi connectivity index (χ2n) is 7.21. The maximum atomic E-state index is 9.77. The zero-order chi connectivity index (χ0) is 15.2. The van der Waals surface area contributed by atoms with Crippen molar-refractivity contribution in [2.45, 2.75) is 84.3 Å². The summed E-state index contributed by atoms with van der Waals surface area (Å²) < 4.78 is 0. The van der Waals surface area contributed by atoms with Crippen LogP contribution in [-0.2, 0) is 0 Å². The molecule has 3 atom stereocenters. The minimum atomic E-state index is -0.0829. The molecule has 0 aromatic carbocycles. The molecule has 1 rings (SSSR count). The van der Waals surface area contributed by atoms with Crippen LogP contribution in [-0.4, -0.2) is 47.3 Å². The molecule has 0 aromatic heterocycles. The van der Waals surface area contributed by atoms with Gasteiger partial charge in [-0.1, -0.05) is 27.7 Å². The summed E-state index contributed by atoms with van der Waals surface area (Å²) >= 11 is 0. The summed E-state index contributed by atoms with van der Waals surface area (Å²) in [5.41, 5.74) is -0.0829. The van der Waals surface area contributed by atoms with Crippen molar-refractivity contribution < 1.29 is 5.11 Å². The molecule has 0 saturated carbocycles. The Kier molecular flexibility index (Phi) is 7.49. The maximum Gasteiger partial charge on any atom is 0.0613 e. The van der Waals surface area contributed by atoms with E-state index in [0.29, 0.717) is 6.04 Å². The molecule has 1 fully saturated rings. The first-order valence-corrected chi connectivity index (χ1v) is 8.55. The molecular formula is C17H36N2O. The highest BCUT2D eigenvalue weighted by atomic mass is 16.3. The van der Waals surface area contributed by atoms with Gasteiger partial charge in [-0.15, -0.1) is 0 Å². The fourth-order valence-corrected chi connectivity index (χ4v) is 3.61. The van der Waals surface area contributed by atoms with Crippen LogP contribution in [0, 0.1) is 5.92 Å². The van der Waals surface area contributed by atoms with Gasteiger partial charge in [-0.3, -0.25) is 0 Å². The highest BCUT2D eigenvalue weighted by Crippen LogP contribution is 2.24. The summed E-state index contributed by atoms with van der Waals surface area (Å²) in [5.74, 6) is 0.885. The van der Waals surface area contributed by atoms with Gasteiger partial charge in [0.05, 0.1) is 6.61 Å². The summed E-state index contributed by atoms with van der Waals surface area (Å²) in [5, 5.41) is 13.4. The van der Waals surface area contributed by atoms with Gasteiger partial charge in [0.15, 0.2) is 0 Å². The Hall–Kier alpha value is -0.120. The molecule has 2 N–H and O–H groups in total. The highest BCUT2D eigenvalue weighted by molar-refractivity contribution is 4.88. The number of aliphatic hydroxyl groups is 1. The molecule has 0 bridgehead atoms. The smallest absolute Gasteiger partial charge is 0.0613 e. The molecule has 0 spiro atoms. The van der Waals surface area contributed by atoms with E-state index in [2.05, 4.69) is 44.8 Å². The molecule has 0 amide bonds. The van der Waals surface area contributed by atoms with Crippen LogP contribution in [0.15, 0.2) is 0 Å². The van der Waals surface area contributed by atoms with Crippen LogP contribution in [0.3, 0.4) is 0 Å². The van der Waals surface area contributed by atoms with Gasteiger partial charge in [0.25, 0.3) is 0 Å². The van der Waals surface area contributed by atoms with E-state index in [1.807, 2.05) is 0 Å². The molecular weight excluding hydrogens is 248 g/mol. The molecule has 20 heavy (non-hydrogen) atoms. The second kappa shape index (κ2) is 8.35. The SMILES string of the molecule is CCC(CO)(CCCN1CCC(C)CC1C)NC(C)C. The van der Waals surface area contributed by atoms with Crippen molar-refractivity contribution in [1.82, 2.24) is 10.2 Å².